The normalized spacial score (nSPS) is 12.4. The van der Waals surface area contributed by atoms with Crippen molar-refractivity contribution >= 4 is 16.9 Å². The van der Waals surface area contributed by atoms with Gasteiger partial charge < -0.3 is 5.32 Å². The maximum absolute atomic E-state index is 13.6. The number of halogens is 2. The third-order valence-corrected chi connectivity index (χ3v) is 4.72. The van der Waals surface area contributed by atoms with E-state index in [1.165, 1.54) is 0 Å². The first-order chi connectivity index (χ1) is 14.0. The fourth-order valence-corrected chi connectivity index (χ4v) is 3.24. The van der Waals surface area contributed by atoms with Crippen LogP contribution in [0, 0.1) is 0 Å². The van der Waals surface area contributed by atoms with E-state index < -0.39 is 12.5 Å². The summed E-state index contributed by atoms with van der Waals surface area (Å²) in [5.41, 5.74) is 2.72. The Morgan fingerprint density at radius 2 is 1.86 bits per heavy atom. The van der Waals surface area contributed by atoms with E-state index in [9.17, 15) is 13.6 Å². The highest BCUT2D eigenvalue weighted by Crippen LogP contribution is 2.27. The van der Waals surface area contributed by atoms with Crippen LogP contribution < -0.4 is 5.32 Å². The van der Waals surface area contributed by atoms with Crippen LogP contribution in [0.15, 0.2) is 60.7 Å². The maximum atomic E-state index is 13.6. The number of hydrogen-bond donors (Lipinski definition) is 2. The zero-order valence-corrected chi connectivity index (χ0v) is 15.6. The quantitative estimate of drug-likeness (QED) is 0.509. The number of aromatic amines is 1. The van der Waals surface area contributed by atoms with Crippen molar-refractivity contribution in [3.63, 3.8) is 0 Å². The molecular weight excluding hydrogens is 376 g/mol. The number of carbonyl (C=O) groups is 1. The second-order valence-electron chi connectivity index (χ2n) is 6.75. The first-order valence-electron chi connectivity index (χ1n) is 9.18. The lowest BCUT2D eigenvalue weighted by Gasteiger charge is -2.14. The van der Waals surface area contributed by atoms with E-state index in [1.54, 1.807) is 37.3 Å². The Morgan fingerprint density at radius 1 is 1.14 bits per heavy atom. The van der Waals surface area contributed by atoms with Gasteiger partial charge in [0.15, 0.2) is 0 Å². The fourth-order valence-electron chi connectivity index (χ4n) is 3.24. The molecule has 4 rings (SSSR count). The van der Waals surface area contributed by atoms with Crippen LogP contribution >= 0.6 is 0 Å². The molecule has 0 unspecified atom stereocenters. The smallest absolute Gasteiger partial charge is 0.320 e. The van der Waals surface area contributed by atoms with Crippen LogP contribution in [0.25, 0.3) is 22.3 Å². The van der Waals surface area contributed by atoms with Crippen molar-refractivity contribution in [2.45, 2.75) is 19.4 Å². The number of carbonyl (C=O) groups excluding carboxylic acids is 1. The number of imidazole rings is 1. The highest BCUT2D eigenvalue weighted by atomic mass is 19.3. The minimum Gasteiger partial charge on any atom is -0.350 e. The summed E-state index contributed by atoms with van der Waals surface area (Å²) in [4.78, 5) is 16.8. The third-order valence-electron chi connectivity index (χ3n) is 4.72. The summed E-state index contributed by atoms with van der Waals surface area (Å²) in [5.74, 6) is -0.529. The van der Waals surface area contributed by atoms with Crippen LogP contribution in [0.4, 0.5) is 8.78 Å². The number of amides is 1. The number of nitrogens with zero attached hydrogens (tertiary/aromatic N) is 3. The molecule has 4 aromatic rings. The first kappa shape index (κ1) is 18.8. The van der Waals surface area contributed by atoms with E-state index in [2.05, 4.69) is 20.5 Å². The zero-order chi connectivity index (χ0) is 20.4. The molecule has 0 saturated heterocycles. The number of fused-ring (bicyclic) bond motifs is 1. The summed E-state index contributed by atoms with van der Waals surface area (Å²) in [6.45, 7) is -0.798. The molecular formula is C21H19F2N5O. The van der Waals surface area contributed by atoms with E-state index in [0.29, 0.717) is 22.4 Å². The molecule has 8 heteroatoms. The Labute approximate surface area is 165 Å². The molecule has 0 aliphatic carbocycles. The average Bonchev–Trinajstić information content (AvgIpc) is 3.37. The lowest BCUT2D eigenvalue weighted by Crippen LogP contribution is -2.29. The van der Waals surface area contributed by atoms with Crippen LogP contribution in [0.5, 0.6) is 0 Å². The molecule has 29 heavy (non-hydrogen) atoms. The monoisotopic (exact) mass is 395 g/mol. The van der Waals surface area contributed by atoms with Gasteiger partial charge in [0.1, 0.15) is 11.5 Å². The zero-order valence-electron chi connectivity index (χ0n) is 15.6. The summed E-state index contributed by atoms with van der Waals surface area (Å²) in [6.07, 6.45) is 0. The molecule has 2 aromatic carbocycles. The number of benzene rings is 2. The number of nitrogens with one attached hydrogen (secondary N) is 2. The van der Waals surface area contributed by atoms with Crippen molar-refractivity contribution in [3.05, 3.63) is 72.2 Å². The summed E-state index contributed by atoms with van der Waals surface area (Å²) >= 11 is 0. The van der Waals surface area contributed by atoms with Crippen molar-refractivity contribution in [1.82, 2.24) is 25.1 Å². The topological polar surface area (TPSA) is 75.6 Å². The van der Waals surface area contributed by atoms with Crippen molar-refractivity contribution < 1.29 is 13.6 Å². The fraction of sp³-hybridized carbons (Fsp3) is 0.190. The largest absolute Gasteiger partial charge is 0.350 e. The van der Waals surface area contributed by atoms with E-state index >= 15 is 0 Å². The van der Waals surface area contributed by atoms with Crippen LogP contribution in [0.2, 0.25) is 0 Å². The van der Waals surface area contributed by atoms with Gasteiger partial charge in [0.25, 0.3) is 5.91 Å². The van der Waals surface area contributed by atoms with Gasteiger partial charge in [-0.25, -0.2) is 4.98 Å². The standard InChI is InChI=1S/C21H19F2N5O/c1-13(19-25-15-9-5-6-10-18(15)28(19)21(22)23)12-24-20(29)17-11-16(26-27-17)14-7-3-2-4-8-14/h2-11,13,21H,12H2,1H3,(H,24,29)(H,26,27)/t13-/m1/s1. The van der Waals surface area contributed by atoms with Crippen LogP contribution in [0.1, 0.15) is 35.7 Å². The lowest BCUT2D eigenvalue weighted by atomic mass is 10.1. The highest BCUT2D eigenvalue weighted by Gasteiger charge is 2.22. The minimum atomic E-state index is -2.71. The first-order valence-corrected chi connectivity index (χ1v) is 9.18. The molecule has 0 aliphatic heterocycles. The molecule has 6 nitrogen and oxygen atoms in total. The molecule has 2 N–H and O–H groups in total. The van der Waals surface area contributed by atoms with E-state index in [4.69, 9.17) is 0 Å². The summed E-state index contributed by atoms with van der Waals surface area (Å²) in [5, 5.41) is 9.64. The molecule has 1 atom stereocenters. The van der Waals surface area contributed by atoms with Gasteiger partial charge in [-0.1, -0.05) is 49.4 Å². The van der Waals surface area contributed by atoms with Gasteiger partial charge in [-0.2, -0.15) is 13.9 Å². The second-order valence-corrected chi connectivity index (χ2v) is 6.75. The van der Waals surface area contributed by atoms with Gasteiger partial charge >= 0.3 is 6.55 Å². The predicted octanol–water partition coefficient (Wildman–Crippen LogP) is 4.36. The Balaban J connectivity index is 1.48. The van der Waals surface area contributed by atoms with E-state index in [-0.39, 0.29) is 18.3 Å². The Bertz CT molecular complexity index is 1140. The SMILES string of the molecule is C[C@H](CNC(=O)c1cc(-c2ccccc2)n[nH]1)c1nc2ccccc2n1C(F)F. The van der Waals surface area contributed by atoms with Crippen LogP contribution in [0.3, 0.4) is 0 Å². The molecule has 2 aromatic heterocycles. The number of para-hydroxylation sites is 2. The van der Waals surface area contributed by atoms with Crippen LogP contribution in [-0.2, 0) is 0 Å². The second kappa shape index (κ2) is 7.83. The number of alkyl halides is 2. The summed E-state index contributed by atoms with van der Waals surface area (Å²) in [7, 11) is 0. The maximum Gasteiger partial charge on any atom is 0.320 e. The third kappa shape index (κ3) is 3.73. The molecule has 0 bridgehead atoms. The molecule has 0 radical (unpaired) electrons. The van der Waals surface area contributed by atoms with E-state index in [1.807, 2.05) is 30.3 Å². The van der Waals surface area contributed by atoms with Crippen molar-refractivity contribution in [1.29, 1.82) is 0 Å². The molecule has 0 fully saturated rings. The molecule has 0 aliphatic rings. The van der Waals surface area contributed by atoms with Gasteiger partial charge in [0.2, 0.25) is 0 Å². The van der Waals surface area contributed by atoms with E-state index in [0.717, 1.165) is 10.1 Å². The molecule has 1 amide bonds. The Morgan fingerprint density at radius 3 is 2.62 bits per heavy atom. The molecule has 148 valence electrons. The summed E-state index contributed by atoms with van der Waals surface area (Å²) in [6, 6.07) is 17.9. The van der Waals surface area contributed by atoms with Gasteiger partial charge in [0.05, 0.1) is 16.7 Å². The number of rotatable bonds is 6. The van der Waals surface area contributed by atoms with Crippen molar-refractivity contribution in [3.8, 4) is 11.3 Å². The Hall–Kier alpha value is -3.55. The number of H-pyrrole nitrogens is 1. The van der Waals surface area contributed by atoms with Crippen molar-refractivity contribution in [2.24, 2.45) is 0 Å². The number of hydrogen-bond acceptors (Lipinski definition) is 3. The summed E-state index contributed by atoms with van der Waals surface area (Å²) < 4.78 is 28.1. The van der Waals surface area contributed by atoms with Crippen molar-refractivity contribution in [2.75, 3.05) is 6.54 Å². The van der Waals surface area contributed by atoms with Gasteiger partial charge in [-0.3, -0.25) is 14.5 Å². The molecule has 2 heterocycles. The number of aromatic nitrogens is 4. The predicted molar refractivity (Wildman–Crippen MR) is 106 cm³/mol. The Kier molecular flexibility index (Phi) is 5.07. The highest BCUT2D eigenvalue weighted by molar-refractivity contribution is 5.93. The molecule has 0 spiro atoms. The average molecular weight is 395 g/mol. The van der Waals surface area contributed by atoms with Gasteiger partial charge in [0, 0.05) is 18.0 Å². The van der Waals surface area contributed by atoms with Gasteiger partial charge in [-0.05, 0) is 18.2 Å². The molecule has 0 saturated carbocycles. The van der Waals surface area contributed by atoms with Gasteiger partial charge in [-0.15, -0.1) is 0 Å². The lowest BCUT2D eigenvalue weighted by molar-refractivity contribution is 0.0703. The van der Waals surface area contributed by atoms with Crippen LogP contribution in [-0.4, -0.2) is 32.2 Å². The minimum absolute atomic E-state index is 0.161.